The molecule has 0 bridgehead atoms. The van der Waals surface area contributed by atoms with Crippen LogP contribution in [0.15, 0.2) is 12.3 Å². The summed E-state index contributed by atoms with van der Waals surface area (Å²) in [5.74, 6) is 0.883. The molecule has 0 aliphatic heterocycles. The van der Waals surface area contributed by atoms with Crippen LogP contribution in [0.25, 0.3) is 0 Å². The van der Waals surface area contributed by atoms with Crippen LogP contribution >= 0.6 is 23.4 Å². The first-order valence-electron chi connectivity index (χ1n) is 4.13. The molecule has 74 valence electrons. The minimum Gasteiger partial charge on any atom is -0.396 e. The molecule has 0 radical (unpaired) electrons. The van der Waals surface area contributed by atoms with Gasteiger partial charge in [-0.05, 0) is 17.9 Å². The molecule has 0 aromatic carbocycles. The number of pyridine rings is 1. The summed E-state index contributed by atoms with van der Waals surface area (Å²) in [7, 11) is 0. The summed E-state index contributed by atoms with van der Waals surface area (Å²) in [6, 6.07) is 1.89. The third kappa shape index (κ3) is 3.87. The summed E-state index contributed by atoms with van der Waals surface area (Å²) in [4.78, 5) is 3.85. The molecule has 0 saturated heterocycles. The van der Waals surface area contributed by atoms with Gasteiger partial charge in [0.05, 0.1) is 5.69 Å². The average molecular weight is 219 g/mol. The number of nitrogens with two attached hydrogens (primary N) is 1. The predicted octanol–water partition coefficient (Wildman–Crippen LogP) is 3.21. The van der Waals surface area contributed by atoms with Crippen LogP contribution in [0.2, 0.25) is 5.15 Å². The first-order chi connectivity index (χ1) is 6.25. The molecule has 13 heavy (non-hydrogen) atoms. The maximum atomic E-state index is 5.70. The van der Waals surface area contributed by atoms with E-state index >= 15 is 0 Å². The van der Waals surface area contributed by atoms with Gasteiger partial charge in [0, 0.05) is 11.9 Å². The lowest BCUT2D eigenvalue weighted by Gasteiger charge is -2.03. The monoisotopic (exact) mass is 218 g/mol. The zero-order valence-corrected chi connectivity index (χ0v) is 9.75. The highest BCUT2D eigenvalue weighted by atomic mass is 35.5. The molecular weight excluding hydrogens is 204 g/mol. The summed E-state index contributed by atoms with van der Waals surface area (Å²) in [6.07, 6.45) is 3.69. The van der Waals surface area contributed by atoms with E-state index in [4.69, 9.17) is 17.3 Å². The van der Waals surface area contributed by atoms with Crippen LogP contribution in [-0.2, 0) is 5.75 Å². The number of halogens is 1. The van der Waals surface area contributed by atoms with Gasteiger partial charge in [0.15, 0.2) is 5.15 Å². The lowest BCUT2D eigenvalue weighted by molar-refractivity contribution is 1.28. The molecule has 0 aliphatic rings. The van der Waals surface area contributed by atoms with Gasteiger partial charge in [-0.3, -0.25) is 0 Å². The van der Waals surface area contributed by atoms with E-state index in [2.05, 4.69) is 4.98 Å². The zero-order valence-electron chi connectivity index (χ0n) is 8.17. The van der Waals surface area contributed by atoms with Gasteiger partial charge in [-0.25, -0.2) is 4.98 Å². The van der Waals surface area contributed by atoms with Crippen LogP contribution in [0.3, 0.4) is 0 Å². The summed E-state index contributed by atoms with van der Waals surface area (Å²) >= 11 is 7.42. The zero-order chi connectivity index (χ0) is 10.3. The molecule has 4 heteroatoms. The van der Waals surface area contributed by atoms with E-state index in [0.29, 0.717) is 10.8 Å². The lowest BCUT2D eigenvalue weighted by Crippen LogP contribution is -1.94. The number of hydrogen-bond acceptors (Lipinski definition) is 3. The third-order valence-corrected chi connectivity index (χ3v) is 2.23. The minimum atomic E-state index is 0.400. The molecular formula is C9H15ClN2S. The van der Waals surface area contributed by atoms with Crippen LogP contribution in [0.1, 0.15) is 19.4 Å². The Morgan fingerprint density at radius 1 is 1.54 bits per heavy atom. The molecule has 1 rings (SSSR count). The largest absolute Gasteiger partial charge is 0.396 e. The molecule has 1 aromatic heterocycles. The van der Waals surface area contributed by atoms with Crippen LogP contribution in [0, 0.1) is 0 Å². The molecule has 0 spiro atoms. The van der Waals surface area contributed by atoms with Gasteiger partial charge in [0.1, 0.15) is 0 Å². The molecule has 0 amide bonds. The maximum Gasteiger partial charge on any atom is 0.152 e. The fraction of sp³-hybridized carbons (Fsp3) is 0.444. The highest BCUT2D eigenvalue weighted by molar-refractivity contribution is 7.97. The van der Waals surface area contributed by atoms with E-state index in [9.17, 15) is 0 Å². The standard InChI is InChI=1S/C7H9ClN2S.C2H6/c1-11-4-5-2-3-10-7(8)6(5)9;1-2/h2-3H,4,9H2,1H3;1-2H3. The molecule has 0 atom stereocenters. The molecule has 0 fully saturated rings. The van der Waals surface area contributed by atoms with Crippen molar-refractivity contribution < 1.29 is 0 Å². The Bertz CT molecular complexity index is 253. The van der Waals surface area contributed by atoms with Crippen molar-refractivity contribution in [2.45, 2.75) is 19.6 Å². The van der Waals surface area contributed by atoms with E-state index in [0.717, 1.165) is 11.3 Å². The number of nitrogen functional groups attached to an aromatic ring is 1. The van der Waals surface area contributed by atoms with Crippen molar-refractivity contribution in [1.29, 1.82) is 0 Å². The number of aromatic nitrogens is 1. The Hall–Kier alpha value is -0.410. The van der Waals surface area contributed by atoms with Gasteiger partial charge < -0.3 is 5.73 Å². The van der Waals surface area contributed by atoms with Gasteiger partial charge in [-0.1, -0.05) is 25.4 Å². The van der Waals surface area contributed by atoms with Crippen molar-refractivity contribution in [2.24, 2.45) is 0 Å². The second-order valence-corrected chi connectivity index (χ2v) is 3.33. The first-order valence-corrected chi connectivity index (χ1v) is 5.90. The van der Waals surface area contributed by atoms with Crippen molar-refractivity contribution in [2.75, 3.05) is 12.0 Å². The number of thioether (sulfide) groups is 1. The van der Waals surface area contributed by atoms with Crippen molar-refractivity contribution in [3.8, 4) is 0 Å². The highest BCUT2D eigenvalue weighted by Crippen LogP contribution is 2.22. The smallest absolute Gasteiger partial charge is 0.152 e. The van der Waals surface area contributed by atoms with E-state index in [1.54, 1.807) is 18.0 Å². The fourth-order valence-corrected chi connectivity index (χ4v) is 1.51. The number of rotatable bonds is 2. The maximum absolute atomic E-state index is 5.70. The van der Waals surface area contributed by atoms with Crippen LogP contribution in [0.4, 0.5) is 5.69 Å². The summed E-state index contributed by atoms with van der Waals surface area (Å²) in [5, 5.41) is 0.400. The lowest BCUT2D eigenvalue weighted by atomic mass is 10.3. The normalized spacial score (nSPS) is 8.92. The Morgan fingerprint density at radius 2 is 2.15 bits per heavy atom. The van der Waals surface area contributed by atoms with Gasteiger partial charge in [-0.15, -0.1) is 0 Å². The Balaban J connectivity index is 0.000000671. The number of hydrogen-bond donors (Lipinski definition) is 1. The summed E-state index contributed by atoms with van der Waals surface area (Å²) in [5.41, 5.74) is 7.31. The van der Waals surface area contributed by atoms with Gasteiger partial charge in [0.2, 0.25) is 0 Å². The average Bonchev–Trinajstić information content (AvgIpc) is 2.17. The third-order valence-electron chi connectivity index (χ3n) is 1.33. The minimum absolute atomic E-state index is 0.400. The van der Waals surface area contributed by atoms with Crippen molar-refractivity contribution >= 4 is 29.1 Å². The van der Waals surface area contributed by atoms with Crippen molar-refractivity contribution in [3.05, 3.63) is 23.0 Å². The molecule has 0 aliphatic carbocycles. The summed E-state index contributed by atoms with van der Waals surface area (Å²) < 4.78 is 0. The topological polar surface area (TPSA) is 38.9 Å². The SMILES string of the molecule is CC.CSCc1ccnc(Cl)c1N. The molecule has 1 heterocycles. The molecule has 0 saturated carbocycles. The summed E-state index contributed by atoms with van der Waals surface area (Å²) in [6.45, 7) is 4.00. The van der Waals surface area contributed by atoms with Gasteiger partial charge in [-0.2, -0.15) is 11.8 Å². The quantitative estimate of drug-likeness (QED) is 0.775. The molecule has 2 nitrogen and oxygen atoms in total. The van der Waals surface area contributed by atoms with E-state index in [-0.39, 0.29) is 0 Å². The Kier molecular flexibility index (Phi) is 6.82. The van der Waals surface area contributed by atoms with Crippen molar-refractivity contribution in [3.63, 3.8) is 0 Å². The molecule has 1 aromatic rings. The Morgan fingerprint density at radius 3 is 2.69 bits per heavy atom. The van der Waals surface area contributed by atoms with Crippen LogP contribution in [-0.4, -0.2) is 11.2 Å². The van der Waals surface area contributed by atoms with E-state index in [1.807, 2.05) is 26.2 Å². The van der Waals surface area contributed by atoms with Crippen molar-refractivity contribution in [1.82, 2.24) is 4.98 Å². The highest BCUT2D eigenvalue weighted by Gasteiger charge is 2.01. The van der Waals surface area contributed by atoms with E-state index in [1.165, 1.54) is 0 Å². The van der Waals surface area contributed by atoms with E-state index < -0.39 is 0 Å². The molecule has 2 N–H and O–H groups in total. The van der Waals surface area contributed by atoms with Gasteiger partial charge in [0.25, 0.3) is 0 Å². The second-order valence-electron chi connectivity index (χ2n) is 2.11. The first kappa shape index (κ1) is 12.6. The van der Waals surface area contributed by atoms with Gasteiger partial charge >= 0.3 is 0 Å². The predicted molar refractivity (Wildman–Crippen MR) is 62.2 cm³/mol. The fourth-order valence-electron chi connectivity index (χ4n) is 0.766. The molecule has 0 unspecified atom stereocenters. The number of nitrogens with zero attached hydrogens (tertiary/aromatic N) is 1. The number of anilines is 1. The Labute approximate surface area is 88.9 Å². The van der Waals surface area contributed by atoms with Crippen LogP contribution < -0.4 is 5.73 Å². The van der Waals surface area contributed by atoms with Crippen LogP contribution in [0.5, 0.6) is 0 Å². The second kappa shape index (κ2) is 7.04.